The summed E-state index contributed by atoms with van der Waals surface area (Å²) in [6.45, 7) is 0. The second kappa shape index (κ2) is 6.72. The normalized spacial score (nSPS) is 19.3. The molecule has 0 aliphatic heterocycles. The zero-order chi connectivity index (χ0) is 16.0. The number of ether oxygens (including phenoxy) is 2. The predicted octanol–water partition coefficient (Wildman–Crippen LogP) is 3.37. The number of methoxy groups -OCH3 is 1. The number of nitroso groups, excluding NO2 is 1. The Morgan fingerprint density at radius 1 is 1.45 bits per heavy atom. The third kappa shape index (κ3) is 2.77. The van der Waals surface area contributed by atoms with E-state index in [1.165, 1.54) is 0 Å². The lowest BCUT2D eigenvalue weighted by molar-refractivity contribution is 0.394. The first-order valence-corrected chi connectivity index (χ1v) is 6.71. The van der Waals surface area contributed by atoms with E-state index in [4.69, 9.17) is 21.3 Å². The third-order valence-electron chi connectivity index (χ3n) is 3.69. The maximum atomic E-state index is 11.6. The fourth-order valence-corrected chi connectivity index (χ4v) is 2.46. The number of benzene rings is 1. The van der Waals surface area contributed by atoms with Crippen LogP contribution >= 0.6 is 0 Å². The maximum Gasteiger partial charge on any atom is 0.193 e. The Morgan fingerprint density at radius 2 is 2.18 bits per heavy atom. The summed E-state index contributed by atoms with van der Waals surface area (Å²) in [4.78, 5) is 11.6. The van der Waals surface area contributed by atoms with Crippen molar-refractivity contribution in [3.05, 3.63) is 58.7 Å². The molecule has 2 atom stereocenters. The standard InChI is InChI=1S/C17H16N2O3/c1-3-17(19-20,13-4-8-15(21-2)9-5-13)14-6-10-16(11-7-14)22-12-18/h1,4-6,8-12,14,18H,7H2,2H3. The Morgan fingerprint density at radius 3 is 2.64 bits per heavy atom. The van der Waals surface area contributed by atoms with Crippen molar-refractivity contribution in [1.82, 2.24) is 0 Å². The molecule has 2 rings (SSSR count). The summed E-state index contributed by atoms with van der Waals surface area (Å²) in [6, 6.07) is 7.00. The Kier molecular flexibility index (Phi) is 4.74. The molecular weight excluding hydrogens is 280 g/mol. The minimum Gasteiger partial charge on any atom is -0.497 e. The highest BCUT2D eigenvalue weighted by atomic mass is 16.5. The van der Waals surface area contributed by atoms with Gasteiger partial charge in [-0.3, -0.25) is 5.41 Å². The molecule has 1 aromatic rings. The van der Waals surface area contributed by atoms with Gasteiger partial charge in [0.05, 0.1) is 7.11 Å². The second-order valence-electron chi connectivity index (χ2n) is 4.77. The molecule has 1 aromatic carbocycles. The summed E-state index contributed by atoms with van der Waals surface area (Å²) in [5.41, 5.74) is -0.638. The van der Waals surface area contributed by atoms with E-state index in [1.807, 2.05) is 0 Å². The molecule has 5 nitrogen and oxygen atoms in total. The van der Waals surface area contributed by atoms with E-state index in [0.717, 1.165) is 6.40 Å². The number of hydrogen-bond donors (Lipinski definition) is 1. The van der Waals surface area contributed by atoms with Crippen LogP contribution in [0.4, 0.5) is 0 Å². The minimum absolute atomic E-state index is 0.276. The van der Waals surface area contributed by atoms with Crippen molar-refractivity contribution in [2.24, 2.45) is 11.1 Å². The predicted molar refractivity (Wildman–Crippen MR) is 84.5 cm³/mol. The highest BCUT2D eigenvalue weighted by Gasteiger charge is 2.40. The molecule has 0 heterocycles. The molecule has 0 saturated carbocycles. The summed E-state index contributed by atoms with van der Waals surface area (Å²) in [6.07, 6.45) is 12.3. The van der Waals surface area contributed by atoms with Crippen molar-refractivity contribution >= 4 is 6.40 Å². The Hall–Kier alpha value is -2.87. The molecule has 0 bridgehead atoms. The molecule has 1 aliphatic carbocycles. The van der Waals surface area contributed by atoms with E-state index < -0.39 is 5.54 Å². The van der Waals surface area contributed by atoms with E-state index in [1.54, 1.807) is 49.6 Å². The van der Waals surface area contributed by atoms with Gasteiger partial charge in [-0.25, -0.2) is 0 Å². The lowest BCUT2D eigenvalue weighted by atomic mass is 9.76. The van der Waals surface area contributed by atoms with E-state index >= 15 is 0 Å². The molecule has 0 radical (unpaired) electrons. The smallest absolute Gasteiger partial charge is 0.193 e. The van der Waals surface area contributed by atoms with Crippen molar-refractivity contribution in [1.29, 1.82) is 5.41 Å². The van der Waals surface area contributed by atoms with Crippen LogP contribution in [0.25, 0.3) is 0 Å². The van der Waals surface area contributed by atoms with Crippen LogP contribution < -0.4 is 4.74 Å². The molecule has 0 aromatic heterocycles. The van der Waals surface area contributed by atoms with Gasteiger partial charge >= 0.3 is 0 Å². The van der Waals surface area contributed by atoms with Crippen LogP contribution in [0.1, 0.15) is 12.0 Å². The average molecular weight is 296 g/mol. The van der Waals surface area contributed by atoms with Gasteiger partial charge in [0.2, 0.25) is 0 Å². The van der Waals surface area contributed by atoms with Crippen LogP contribution in [0.2, 0.25) is 0 Å². The number of hydrogen-bond acceptors (Lipinski definition) is 5. The molecular formula is C17H16N2O3. The first-order valence-electron chi connectivity index (χ1n) is 6.71. The lowest BCUT2D eigenvalue weighted by Gasteiger charge is -2.29. The molecule has 0 fully saturated rings. The van der Waals surface area contributed by atoms with Crippen LogP contribution in [0.5, 0.6) is 5.75 Å². The van der Waals surface area contributed by atoms with Gasteiger partial charge in [-0.05, 0) is 41.4 Å². The van der Waals surface area contributed by atoms with E-state index in [2.05, 4.69) is 11.1 Å². The van der Waals surface area contributed by atoms with Gasteiger partial charge in [-0.15, -0.1) is 11.3 Å². The highest BCUT2D eigenvalue weighted by molar-refractivity contribution is 5.46. The molecule has 1 N–H and O–H groups in total. The van der Waals surface area contributed by atoms with Gasteiger partial charge in [0.15, 0.2) is 11.9 Å². The van der Waals surface area contributed by atoms with Crippen molar-refractivity contribution in [2.75, 3.05) is 7.11 Å². The number of terminal acetylenes is 1. The van der Waals surface area contributed by atoms with Gasteiger partial charge in [-0.1, -0.05) is 24.1 Å². The van der Waals surface area contributed by atoms with E-state index in [0.29, 0.717) is 23.5 Å². The quantitative estimate of drug-likeness (QED) is 0.378. The van der Waals surface area contributed by atoms with Crippen molar-refractivity contribution in [2.45, 2.75) is 12.0 Å². The summed E-state index contributed by atoms with van der Waals surface area (Å²) < 4.78 is 10.1. The van der Waals surface area contributed by atoms with Gasteiger partial charge in [0, 0.05) is 5.92 Å². The largest absolute Gasteiger partial charge is 0.497 e. The number of nitrogens with one attached hydrogen (secondary N) is 1. The number of allylic oxidation sites excluding steroid dienone is 2. The molecule has 22 heavy (non-hydrogen) atoms. The molecule has 0 saturated heterocycles. The zero-order valence-corrected chi connectivity index (χ0v) is 12.2. The Labute approximate surface area is 129 Å². The number of nitrogens with zero attached hydrogens (tertiary/aromatic N) is 1. The first kappa shape index (κ1) is 15.5. The lowest BCUT2D eigenvalue weighted by Crippen LogP contribution is -2.31. The van der Waals surface area contributed by atoms with Crippen LogP contribution in [-0.4, -0.2) is 13.5 Å². The van der Waals surface area contributed by atoms with Crippen molar-refractivity contribution < 1.29 is 9.47 Å². The molecule has 5 heteroatoms. The fourth-order valence-electron chi connectivity index (χ4n) is 2.46. The molecule has 2 unspecified atom stereocenters. The summed E-state index contributed by atoms with van der Waals surface area (Å²) in [7, 11) is 1.57. The maximum absolute atomic E-state index is 11.6. The van der Waals surface area contributed by atoms with Crippen LogP contribution in [-0.2, 0) is 10.3 Å². The van der Waals surface area contributed by atoms with Crippen LogP contribution in [0, 0.1) is 28.6 Å². The topological polar surface area (TPSA) is 71.7 Å². The monoisotopic (exact) mass is 296 g/mol. The summed E-state index contributed by atoms with van der Waals surface area (Å²) in [5, 5.41) is 10.2. The zero-order valence-electron chi connectivity index (χ0n) is 12.2. The molecule has 112 valence electrons. The van der Waals surface area contributed by atoms with Crippen LogP contribution in [0.15, 0.2) is 53.4 Å². The van der Waals surface area contributed by atoms with Crippen molar-refractivity contribution in [3.8, 4) is 18.1 Å². The number of rotatable bonds is 6. The fraction of sp³-hybridized carbons (Fsp3) is 0.235. The Balaban J connectivity index is 2.33. The average Bonchev–Trinajstić information content (AvgIpc) is 2.59. The van der Waals surface area contributed by atoms with Gasteiger partial charge in [0.1, 0.15) is 11.5 Å². The molecule has 1 aliphatic rings. The summed E-state index contributed by atoms with van der Waals surface area (Å²) >= 11 is 0. The third-order valence-corrected chi connectivity index (χ3v) is 3.69. The van der Waals surface area contributed by atoms with Gasteiger partial charge < -0.3 is 9.47 Å². The Bertz CT molecular complexity index is 655. The SMILES string of the molecule is C#CC(N=O)(c1ccc(OC)cc1)C1C=CC(OC=N)=CC1. The molecule has 0 amide bonds. The van der Waals surface area contributed by atoms with E-state index in [9.17, 15) is 4.91 Å². The molecule has 0 spiro atoms. The highest BCUT2D eigenvalue weighted by Crippen LogP contribution is 2.39. The first-order chi connectivity index (χ1) is 10.7. The second-order valence-corrected chi connectivity index (χ2v) is 4.77. The van der Waals surface area contributed by atoms with E-state index in [-0.39, 0.29) is 5.92 Å². The van der Waals surface area contributed by atoms with Crippen molar-refractivity contribution in [3.63, 3.8) is 0 Å². The van der Waals surface area contributed by atoms with Gasteiger partial charge in [-0.2, -0.15) is 0 Å². The van der Waals surface area contributed by atoms with Gasteiger partial charge in [0.25, 0.3) is 0 Å². The van der Waals surface area contributed by atoms with Crippen LogP contribution in [0.3, 0.4) is 0 Å². The summed E-state index contributed by atoms with van der Waals surface area (Å²) in [5.74, 6) is 3.51. The minimum atomic E-state index is -1.28.